The fourth-order valence-corrected chi connectivity index (χ4v) is 2.59. The van der Waals surface area contributed by atoms with Gasteiger partial charge in [0.25, 0.3) is 5.91 Å². The summed E-state index contributed by atoms with van der Waals surface area (Å²) in [7, 11) is 0. The molecule has 7 nitrogen and oxygen atoms in total. The van der Waals surface area contributed by atoms with Gasteiger partial charge in [-0.2, -0.15) is 0 Å². The number of benzene rings is 1. The highest BCUT2D eigenvalue weighted by Gasteiger charge is 2.16. The number of H-pyrrole nitrogens is 1. The van der Waals surface area contributed by atoms with E-state index in [-0.39, 0.29) is 12.5 Å². The van der Waals surface area contributed by atoms with E-state index in [0.717, 1.165) is 17.7 Å². The first-order chi connectivity index (χ1) is 12.7. The number of amides is 1. The van der Waals surface area contributed by atoms with Crippen LogP contribution >= 0.6 is 0 Å². The lowest BCUT2D eigenvalue weighted by Gasteiger charge is -2.16. The molecule has 2 aromatic heterocycles. The molecular formula is C19H21N5O2. The minimum atomic E-state index is -0.463. The summed E-state index contributed by atoms with van der Waals surface area (Å²) in [6.07, 6.45) is 3.40. The molecule has 3 rings (SSSR count). The number of nitrogens with zero attached hydrogens (tertiary/aromatic N) is 2. The molecule has 0 aliphatic heterocycles. The summed E-state index contributed by atoms with van der Waals surface area (Å²) in [5, 5.41) is 15.5. The Kier molecular flexibility index (Phi) is 5.60. The summed E-state index contributed by atoms with van der Waals surface area (Å²) in [5.74, 6) is 0.252. The molecular weight excluding hydrogens is 330 g/mol. The first kappa shape index (κ1) is 17.6. The van der Waals surface area contributed by atoms with Crippen molar-refractivity contribution in [1.82, 2.24) is 20.3 Å². The van der Waals surface area contributed by atoms with Crippen LogP contribution in [0.4, 0.5) is 5.95 Å². The number of aliphatic hydroxyl groups is 1. The minimum Gasteiger partial charge on any atom is -0.394 e. The second-order valence-corrected chi connectivity index (χ2v) is 5.72. The fourth-order valence-electron chi connectivity index (χ4n) is 2.59. The molecule has 0 bridgehead atoms. The Labute approximate surface area is 151 Å². The molecule has 7 heteroatoms. The number of hydrogen-bond donors (Lipinski definition) is 4. The Morgan fingerprint density at radius 1 is 1.27 bits per heavy atom. The van der Waals surface area contributed by atoms with Crippen LogP contribution in [0.2, 0.25) is 0 Å². The van der Waals surface area contributed by atoms with Gasteiger partial charge < -0.3 is 20.7 Å². The molecule has 0 saturated heterocycles. The summed E-state index contributed by atoms with van der Waals surface area (Å²) >= 11 is 0. The number of nitrogens with one attached hydrogen (secondary N) is 3. The second-order valence-electron chi connectivity index (χ2n) is 5.72. The van der Waals surface area contributed by atoms with Gasteiger partial charge in [0, 0.05) is 24.5 Å². The standard InChI is InChI=1S/C19H21N5O2/c1-2-20-19-21-9-8-15(24-19)14-10-16(22-11-14)18(26)23-17(12-25)13-6-4-3-5-7-13/h3-11,17,22,25H,2,12H2,1H3,(H,23,26)(H,20,21,24)/t17-/m1/s1. The molecule has 1 aromatic carbocycles. The first-order valence-corrected chi connectivity index (χ1v) is 8.43. The second kappa shape index (κ2) is 8.26. The highest BCUT2D eigenvalue weighted by Crippen LogP contribution is 2.19. The van der Waals surface area contributed by atoms with Crippen molar-refractivity contribution in [3.8, 4) is 11.3 Å². The van der Waals surface area contributed by atoms with Gasteiger partial charge in [-0.1, -0.05) is 30.3 Å². The molecule has 0 spiro atoms. The van der Waals surface area contributed by atoms with E-state index in [4.69, 9.17) is 0 Å². The third kappa shape index (κ3) is 4.07. The Hall–Kier alpha value is -3.19. The summed E-state index contributed by atoms with van der Waals surface area (Å²) in [6.45, 7) is 2.52. The van der Waals surface area contributed by atoms with Crippen molar-refractivity contribution in [3.05, 3.63) is 66.1 Å². The van der Waals surface area contributed by atoms with Crippen LogP contribution in [-0.2, 0) is 0 Å². The van der Waals surface area contributed by atoms with Crippen LogP contribution in [0.5, 0.6) is 0 Å². The van der Waals surface area contributed by atoms with Gasteiger partial charge in [-0.3, -0.25) is 4.79 Å². The van der Waals surface area contributed by atoms with E-state index in [9.17, 15) is 9.90 Å². The lowest BCUT2D eigenvalue weighted by atomic mass is 10.1. The number of carbonyl (C=O) groups excluding carboxylic acids is 1. The molecule has 134 valence electrons. The Bertz CT molecular complexity index is 863. The zero-order valence-corrected chi connectivity index (χ0v) is 14.4. The summed E-state index contributed by atoms with van der Waals surface area (Å²) in [4.78, 5) is 24.0. The van der Waals surface area contributed by atoms with Gasteiger partial charge in [-0.05, 0) is 24.6 Å². The van der Waals surface area contributed by atoms with Crippen LogP contribution in [0.25, 0.3) is 11.3 Å². The summed E-state index contributed by atoms with van der Waals surface area (Å²) < 4.78 is 0. The van der Waals surface area contributed by atoms with Crippen LogP contribution in [0, 0.1) is 0 Å². The molecule has 0 fully saturated rings. The Morgan fingerprint density at radius 2 is 2.08 bits per heavy atom. The van der Waals surface area contributed by atoms with Gasteiger partial charge in [0.2, 0.25) is 5.95 Å². The molecule has 1 atom stereocenters. The topological polar surface area (TPSA) is 103 Å². The van der Waals surface area contributed by atoms with Crippen LogP contribution in [0.1, 0.15) is 29.0 Å². The quantitative estimate of drug-likeness (QED) is 0.523. The SMILES string of the molecule is CCNc1nccc(-c2c[nH]c(C(=O)N[C@H](CO)c3ccccc3)c2)n1. The van der Waals surface area contributed by atoms with Gasteiger partial charge in [0.15, 0.2) is 0 Å². The van der Waals surface area contributed by atoms with Crippen molar-refractivity contribution in [2.75, 3.05) is 18.5 Å². The largest absolute Gasteiger partial charge is 0.394 e. The van der Waals surface area contributed by atoms with Gasteiger partial charge in [0.05, 0.1) is 18.3 Å². The zero-order chi connectivity index (χ0) is 18.4. The highest BCUT2D eigenvalue weighted by atomic mass is 16.3. The average molecular weight is 351 g/mol. The normalized spacial score (nSPS) is 11.8. The van der Waals surface area contributed by atoms with E-state index < -0.39 is 6.04 Å². The molecule has 0 radical (unpaired) electrons. The van der Waals surface area contributed by atoms with Crippen LogP contribution in [0.3, 0.4) is 0 Å². The predicted molar refractivity (Wildman–Crippen MR) is 99.7 cm³/mol. The van der Waals surface area contributed by atoms with E-state index in [1.54, 1.807) is 24.5 Å². The maximum atomic E-state index is 12.5. The number of hydrogen-bond acceptors (Lipinski definition) is 5. The van der Waals surface area contributed by atoms with Crippen molar-refractivity contribution >= 4 is 11.9 Å². The van der Waals surface area contributed by atoms with Crippen molar-refractivity contribution in [3.63, 3.8) is 0 Å². The van der Waals surface area contributed by atoms with E-state index in [2.05, 4.69) is 25.6 Å². The van der Waals surface area contributed by atoms with E-state index >= 15 is 0 Å². The molecule has 0 saturated carbocycles. The third-order valence-electron chi connectivity index (χ3n) is 3.90. The fraction of sp³-hybridized carbons (Fsp3) is 0.211. The van der Waals surface area contributed by atoms with Crippen molar-refractivity contribution in [2.45, 2.75) is 13.0 Å². The average Bonchev–Trinajstić information content (AvgIpc) is 3.17. The molecule has 0 aliphatic rings. The van der Waals surface area contributed by atoms with Crippen LogP contribution in [-0.4, -0.2) is 39.1 Å². The molecule has 0 aliphatic carbocycles. The molecule has 3 aromatic rings. The highest BCUT2D eigenvalue weighted by molar-refractivity contribution is 5.94. The van der Waals surface area contributed by atoms with E-state index in [1.165, 1.54) is 0 Å². The number of carbonyl (C=O) groups is 1. The number of aliphatic hydroxyl groups excluding tert-OH is 1. The lowest BCUT2D eigenvalue weighted by Crippen LogP contribution is -2.30. The number of aromatic amines is 1. The molecule has 4 N–H and O–H groups in total. The maximum Gasteiger partial charge on any atom is 0.268 e. The summed E-state index contributed by atoms with van der Waals surface area (Å²) in [6, 6.07) is 12.4. The number of anilines is 1. The van der Waals surface area contributed by atoms with Gasteiger partial charge in [-0.25, -0.2) is 9.97 Å². The lowest BCUT2D eigenvalue weighted by molar-refractivity contribution is 0.0912. The maximum absolute atomic E-state index is 12.5. The first-order valence-electron chi connectivity index (χ1n) is 8.43. The van der Waals surface area contributed by atoms with Crippen molar-refractivity contribution in [1.29, 1.82) is 0 Å². The minimum absolute atomic E-state index is 0.179. The van der Waals surface area contributed by atoms with E-state index in [0.29, 0.717) is 17.3 Å². The van der Waals surface area contributed by atoms with Gasteiger partial charge in [0.1, 0.15) is 5.69 Å². The number of rotatable bonds is 7. The van der Waals surface area contributed by atoms with Crippen LogP contribution in [0.15, 0.2) is 54.9 Å². The third-order valence-corrected chi connectivity index (χ3v) is 3.90. The smallest absolute Gasteiger partial charge is 0.268 e. The van der Waals surface area contributed by atoms with Gasteiger partial charge in [-0.15, -0.1) is 0 Å². The predicted octanol–water partition coefficient (Wildman–Crippen LogP) is 2.37. The van der Waals surface area contributed by atoms with Crippen LogP contribution < -0.4 is 10.6 Å². The molecule has 1 amide bonds. The van der Waals surface area contributed by atoms with E-state index in [1.807, 2.05) is 37.3 Å². The molecule has 26 heavy (non-hydrogen) atoms. The summed E-state index contributed by atoms with van der Waals surface area (Å²) in [5.41, 5.74) is 2.75. The van der Waals surface area contributed by atoms with Crippen molar-refractivity contribution < 1.29 is 9.90 Å². The zero-order valence-electron chi connectivity index (χ0n) is 14.4. The Morgan fingerprint density at radius 3 is 2.81 bits per heavy atom. The molecule has 2 heterocycles. The monoisotopic (exact) mass is 351 g/mol. The number of aromatic nitrogens is 3. The van der Waals surface area contributed by atoms with Gasteiger partial charge >= 0.3 is 0 Å². The molecule has 0 unspecified atom stereocenters. The van der Waals surface area contributed by atoms with Crippen molar-refractivity contribution in [2.24, 2.45) is 0 Å². The Balaban J connectivity index is 1.74.